The molecule has 0 radical (unpaired) electrons. The van der Waals surface area contributed by atoms with Crippen molar-refractivity contribution in [1.29, 1.82) is 0 Å². The summed E-state index contributed by atoms with van der Waals surface area (Å²) in [7, 11) is -3.96. The van der Waals surface area contributed by atoms with E-state index in [9.17, 15) is 13.2 Å². The minimum atomic E-state index is -3.96. The molecule has 1 aromatic heterocycles. The minimum absolute atomic E-state index is 0.00563. The maximum absolute atomic E-state index is 12.3. The summed E-state index contributed by atoms with van der Waals surface area (Å²) in [6.45, 7) is 0.391. The number of H-pyrrole nitrogens is 1. The van der Waals surface area contributed by atoms with E-state index in [1.54, 1.807) is 36.5 Å². The van der Waals surface area contributed by atoms with Gasteiger partial charge in [-0.25, -0.2) is 17.9 Å². The van der Waals surface area contributed by atoms with Gasteiger partial charge in [0.2, 0.25) is 0 Å². The molecule has 3 aromatic rings. The molecule has 7 nitrogen and oxygen atoms in total. The zero-order chi connectivity index (χ0) is 17.2. The van der Waals surface area contributed by atoms with Crippen molar-refractivity contribution in [2.45, 2.75) is 11.4 Å². The van der Waals surface area contributed by atoms with E-state index in [4.69, 9.17) is 5.73 Å². The zero-order valence-electron chi connectivity index (χ0n) is 12.6. The number of hydrogen-bond acceptors (Lipinski definition) is 4. The molecule has 0 aliphatic heterocycles. The normalized spacial score (nSPS) is 11.4. The number of urea groups is 1. The molecule has 0 saturated heterocycles. The summed E-state index contributed by atoms with van der Waals surface area (Å²) in [5.74, 6) is 0. The Labute approximate surface area is 138 Å². The second-order valence-electron chi connectivity index (χ2n) is 5.19. The lowest BCUT2D eigenvalue weighted by molar-refractivity contribution is 0.256. The highest BCUT2D eigenvalue weighted by Crippen LogP contribution is 2.18. The van der Waals surface area contributed by atoms with Crippen LogP contribution in [0.15, 0.2) is 59.6 Å². The van der Waals surface area contributed by atoms with Gasteiger partial charge in [-0.15, -0.1) is 0 Å². The SMILES string of the molecule is NCc1ccc(NC(=O)NS(=O)(=O)c2ccc3cc[nH]c3c2)cc1. The minimum Gasteiger partial charge on any atom is -0.361 e. The fourth-order valence-corrected chi connectivity index (χ4v) is 3.19. The molecule has 24 heavy (non-hydrogen) atoms. The average molecular weight is 344 g/mol. The van der Waals surface area contributed by atoms with E-state index < -0.39 is 16.1 Å². The number of aromatic nitrogens is 1. The first-order valence-electron chi connectivity index (χ1n) is 7.18. The summed E-state index contributed by atoms with van der Waals surface area (Å²) >= 11 is 0. The Morgan fingerprint density at radius 3 is 2.54 bits per heavy atom. The Kier molecular flexibility index (Phi) is 4.24. The lowest BCUT2D eigenvalue weighted by atomic mass is 10.2. The van der Waals surface area contributed by atoms with Gasteiger partial charge in [0.1, 0.15) is 0 Å². The number of benzene rings is 2. The lowest BCUT2D eigenvalue weighted by Gasteiger charge is -2.09. The summed E-state index contributed by atoms with van der Waals surface area (Å²) in [6.07, 6.45) is 1.71. The first-order valence-corrected chi connectivity index (χ1v) is 8.66. The molecular formula is C16H16N4O3S. The van der Waals surface area contributed by atoms with Crippen molar-refractivity contribution in [2.75, 3.05) is 5.32 Å². The van der Waals surface area contributed by atoms with Crippen molar-refractivity contribution in [3.8, 4) is 0 Å². The first-order chi connectivity index (χ1) is 11.5. The van der Waals surface area contributed by atoms with Crippen LogP contribution in [0, 0.1) is 0 Å². The summed E-state index contributed by atoms with van der Waals surface area (Å²) in [4.78, 5) is 14.9. The van der Waals surface area contributed by atoms with Crippen LogP contribution in [0.2, 0.25) is 0 Å². The molecule has 0 atom stereocenters. The summed E-state index contributed by atoms with van der Waals surface area (Å²) in [5, 5.41) is 3.36. The molecule has 1 heterocycles. The quantitative estimate of drug-likeness (QED) is 0.580. The molecule has 0 bridgehead atoms. The molecule has 0 spiro atoms. The second kappa shape index (κ2) is 6.34. The van der Waals surface area contributed by atoms with Crippen molar-refractivity contribution in [3.63, 3.8) is 0 Å². The van der Waals surface area contributed by atoms with Crippen LogP contribution in [-0.4, -0.2) is 19.4 Å². The number of nitrogens with one attached hydrogen (secondary N) is 3. The second-order valence-corrected chi connectivity index (χ2v) is 6.87. The zero-order valence-corrected chi connectivity index (χ0v) is 13.4. The summed E-state index contributed by atoms with van der Waals surface area (Å²) in [5.41, 5.74) is 7.56. The van der Waals surface area contributed by atoms with Crippen LogP contribution in [0.5, 0.6) is 0 Å². The fraction of sp³-hybridized carbons (Fsp3) is 0.0625. The highest BCUT2D eigenvalue weighted by atomic mass is 32.2. The lowest BCUT2D eigenvalue weighted by Crippen LogP contribution is -2.34. The van der Waals surface area contributed by atoms with Gasteiger partial charge in [-0.2, -0.15) is 0 Å². The molecule has 2 amide bonds. The van der Waals surface area contributed by atoms with Crippen molar-refractivity contribution < 1.29 is 13.2 Å². The number of hydrogen-bond donors (Lipinski definition) is 4. The number of sulfonamides is 1. The van der Waals surface area contributed by atoms with E-state index >= 15 is 0 Å². The molecule has 0 aliphatic carbocycles. The topological polar surface area (TPSA) is 117 Å². The third kappa shape index (κ3) is 3.39. The first kappa shape index (κ1) is 16.0. The summed E-state index contributed by atoms with van der Waals surface area (Å²) < 4.78 is 26.6. The Morgan fingerprint density at radius 1 is 1.08 bits per heavy atom. The Bertz CT molecular complexity index is 978. The Balaban J connectivity index is 1.73. The number of rotatable bonds is 4. The monoisotopic (exact) mass is 344 g/mol. The van der Waals surface area contributed by atoms with Gasteiger partial charge in [0.05, 0.1) is 4.90 Å². The highest BCUT2D eigenvalue weighted by Gasteiger charge is 2.18. The molecular weight excluding hydrogens is 328 g/mol. The predicted octanol–water partition coefficient (Wildman–Crippen LogP) is 2.14. The van der Waals surface area contributed by atoms with Crippen molar-refractivity contribution in [2.24, 2.45) is 5.73 Å². The third-order valence-electron chi connectivity index (χ3n) is 3.51. The van der Waals surface area contributed by atoms with Gasteiger partial charge in [-0.3, -0.25) is 0 Å². The predicted molar refractivity (Wildman–Crippen MR) is 92.0 cm³/mol. The van der Waals surface area contributed by atoms with Crippen molar-refractivity contribution >= 4 is 32.6 Å². The smallest absolute Gasteiger partial charge is 0.333 e. The van der Waals surface area contributed by atoms with Crippen molar-refractivity contribution in [1.82, 2.24) is 9.71 Å². The Hall–Kier alpha value is -2.84. The van der Waals surface area contributed by atoms with Gasteiger partial charge < -0.3 is 16.0 Å². The van der Waals surface area contributed by atoms with Gasteiger partial charge in [-0.05, 0) is 41.3 Å². The van der Waals surface area contributed by atoms with Crippen molar-refractivity contribution in [3.05, 3.63) is 60.3 Å². The number of aromatic amines is 1. The van der Waals surface area contributed by atoms with E-state index in [-0.39, 0.29) is 4.90 Å². The van der Waals surface area contributed by atoms with Crippen LogP contribution in [-0.2, 0) is 16.6 Å². The van der Waals surface area contributed by atoms with Gasteiger partial charge in [-0.1, -0.05) is 18.2 Å². The third-order valence-corrected chi connectivity index (χ3v) is 4.84. The van der Waals surface area contributed by atoms with E-state index in [1.165, 1.54) is 12.1 Å². The van der Waals surface area contributed by atoms with E-state index in [1.807, 2.05) is 10.8 Å². The van der Waals surface area contributed by atoms with Gasteiger partial charge in [0, 0.05) is 23.9 Å². The van der Waals surface area contributed by atoms with E-state index in [0.717, 1.165) is 10.9 Å². The van der Waals surface area contributed by atoms with Crippen LogP contribution in [0.4, 0.5) is 10.5 Å². The number of anilines is 1. The number of nitrogens with two attached hydrogens (primary N) is 1. The number of carbonyl (C=O) groups excluding carboxylic acids is 1. The van der Waals surface area contributed by atoms with E-state index in [2.05, 4.69) is 10.3 Å². The molecule has 0 fully saturated rings. The molecule has 2 aromatic carbocycles. The fourth-order valence-electron chi connectivity index (χ4n) is 2.26. The standard InChI is InChI=1S/C16H16N4O3S/c17-10-11-1-4-13(5-2-11)19-16(21)20-24(22,23)14-6-3-12-7-8-18-15(12)9-14/h1-9,18H,10,17H2,(H2,19,20,21). The van der Waals surface area contributed by atoms with Crippen LogP contribution >= 0.6 is 0 Å². The number of fused-ring (bicyclic) bond motifs is 1. The molecule has 0 aliphatic rings. The van der Waals surface area contributed by atoms with Crippen LogP contribution in [0.3, 0.4) is 0 Å². The Morgan fingerprint density at radius 2 is 1.83 bits per heavy atom. The van der Waals surface area contributed by atoms with Gasteiger partial charge >= 0.3 is 6.03 Å². The largest absolute Gasteiger partial charge is 0.361 e. The molecule has 3 rings (SSSR count). The number of amides is 2. The summed E-state index contributed by atoms with van der Waals surface area (Å²) in [6, 6.07) is 12.4. The van der Waals surface area contributed by atoms with E-state index in [0.29, 0.717) is 17.7 Å². The van der Waals surface area contributed by atoms with Crippen LogP contribution < -0.4 is 15.8 Å². The average Bonchev–Trinajstić information content (AvgIpc) is 3.02. The number of carbonyl (C=O) groups is 1. The molecule has 0 unspecified atom stereocenters. The maximum atomic E-state index is 12.3. The molecule has 8 heteroatoms. The molecule has 5 N–H and O–H groups in total. The molecule has 124 valence electrons. The maximum Gasteiger partial charge on any atom is 0.333 e. The van der Waals surface area contributed by atoms with Crippen LogP contribution in [0.1, 0.15) is 5.56 Å². The molecule has 0 saturated carbocycles. The van der Waals surface area contributed by atoms with Crippen LogP contribution in [0.25, 0.3) is 10.9 Å². The highest BCUT2D eigenvalue weighted by molar-refractivity contribution is 7.90. The van der Waals surface area contributed by atoms with Gasteiger partial charge in [0.15, 0.2) is 0 Å². The van der Waals surface area contributed by atoms with Gasteiger partial charge in [0.25, 0.3) is 10.0 Å².